The molecule has 4 heteroatoms. The third-order valence-electron chi connectivity index (χ3n) is 3.95. The van der Waals surface area contributed by atoms with Gasteiger partial charge in [0.2, 0.25) is 0 Å². The van der Waals surface area contributed by atoms with Gasteiger partial charge in [0.15, 0.2) is 11.5 Å². The number of phenols is 1. The predicted octanol–water partition coefficient (Wildman–Crippen LogP) is 2.04. The van der Waals surface area contributed by atoms with Crippen molar-refractivity contribution < 1.29 is 9.84 Å². The van der Waals surface area contributed by atoms with E-state index in [4.69, 9.17) is 15.7 Å². The van der Waals surface area contributed by atoms with Crippen LogP contribution in [0.25, 0.3) is 0 Å². The molecule has 96 valence electrons. The number of hydrogen-bond donors (Lipinski definition) is 2. The van der Waals surface area contributed by atoms with Crippen molar-refractivity contribution in [2.75, 3.05) is 13.7 Å². The Hall–Kier alpha value is -1.73. The first-order chi connectivity index (χ1) is 8.66. The van der Waals surface area contributed by atoms with E-state index in [0.717, 1.165) is 31.2 Å². The zero-order chi connectivity index (χ0) is 13.2. The first kappa shape index (κ1) is 12.7. The number of ether oxygens (including phenoxy) is 1. The average Bonchev–Trinajstić information content (AvgIpc) is 2.89. The molecule has 1 aliphatic rings. The van der Waals surface area contributed by atoms with Gasteiger partial charge in [-0.05, 0) is 18.9 Å². The molecule has 2 rings (SSSR count). The van der Waals surface area contributed by atoms with Crippen molar-refractivity contribution in [3.8, 4) is 17.6 Å². The van der Waals surface area contributed by atoms with Crippen molar-refractivity contribution in [1.82, 2.24) is 0 Å². The number of nitrogens with two attached hydrogens (primary N) is 1. The zero-order valence-electron chi connectivity index (χ0n) is 10.6. The van der Waals surface area contributed by atoms with Crippen LogP contribution >= 0.6 is 0 Å². The minimum absolute atomic E-state index is 0.129. The molecule has 0 unspecified atom stereocenters. The Labute approximate surface area is 107 Å². The summed E-state index contributed by atoms with van der Waals surface area (Å²) >= 11 is 0. The first-order valence-electron chi connectivity index (χ1n) is 6.18. The van der Waals surface area contributed by atoms with Crippen LogP contribution in [0.15, 0.2) is 12.1 Å². The van der Waals surface area contributed by atoms with Gasteiger partial charge in [-0.1, -0.05) is 12.8 Å². The summed E-state index contributed by atoms with van der Waals surface area (Å²) < 4.78 is 5.14. The fraction of sp³-hybridized carbons (Fsp3) is 0.500. The number of nitriles is 1. The van der Waals surface area contributed by atoms with Crippen molar-refractivity contribution in [3.63, 3.8) is 0 Å². The molecule has 0 heterocycles. The highest BCUT2D eigenvalue weighted by Crippen LogP contribution is 2.46. The summed E-state index contributed by atoms with van der Waals surface area (Å²) in [6.45, 7) is 0.485. The second-order valence-corrected chi connectivity index (χ2v) is 4.88. The van der Waals surface area contributed by atoms with E-state index < -0.39 is 0 Å². The van der Waals surface area contributed by atoms with E-state index in [1.165, 1.54) is 7.11 Å². The maximum Gasteiger partial charge on any atom is 0.162 e. The van der Waals surface area contributed by atoms with Crippen molar-refractivity contribution in [2.45, 2.75) is 31.1 Å². The number of hydrogen-bond acceptors (Lipinski definition) is 4. The monoisotopic (exact) mass is 246 g/mol. The minimum Gasteiger partial charge on any atom is -0.504 e. The first-order valence-corrected chi connectivity index (χ1v) is 6.18. The van der Waals surface area contributed by atoms with E-state index in [9.17, 15) is 5.11 Å². The van der Waals surface area contributed by atoms with E-state index in [1.807, 2.05) is 0 Å². The number of phenolic OH excluding ortho intramolecular Hbond substituents is 1. The van der Waals surface area contributed by atoms with Crippen LogP contribution in [0.1, 0.15) is 36.8 Å². The fourth-order valence-corrected chi connectivity index (χ4v) is 2.87. The Morgan fingerprint density at radius 2 is 2.11 bits per heavy atom. The summed E-state index contributed by atoms with van der Waals surface area (Å²) in [4.78, 5) is 0. The Morgan fingerprint density at radius 1 is 1.44 bits per heavy atom. The van der Waals surface area contributed by atoms with Gasteiger partial charge in [0.05, 0.1) is 18.7 Å². The van der Waals surface area contributed by atoms with E-state index in [2.05, 4.69) is 6.07 Å². The quantitative estimate of drug-likeness (QED) is 0.855. The van der Waals surface area contributed by atoms with Crippen molar-refractivity contribution in [3.05, 3.63) is 23.3 Å². The lowest BCUT2D eigenvalue weighted by Crippen LogP contribution is -2.32. The average molecular weight is 246 g/mol. The van der Waals surface area contributed by atoms with E-state index in [-0.39, 0.29) is 11.2 Å². The molecular weight excluding hydrogens is 228 g/mol. The number of methoxy groups -OCH3 is 1. The van der Waals surface area contributed by atoms with Gasteiger partial charge in [-0.3, -0.25) is 0 Å². The van der Waals surface area contributed by atoms with Crippen LogP contribution in [0, 0.1) is 11.3 Å². The molecule has 18 heavy (non-hydrogen) atoms. The molecule has 0 aromatic heterocycles. The van der Waals surface area contributed by atoms with Crippen LogP contribution in [0.4, 0.5) is 0 Å². The smallest absolute Gasteiger partial charge is 0.162 e. The van der Waals surface area contributed by atoms with Crippen molar-refractivity contribution >= 4 is 0 Å². The molecule has 0 bridgehead atoms. The highest BCUT2D eigenvalue weighted by Gasteiger charge is 2.37. The van der Waals surface area contributed by atoms with E-state index >= 15 is 0 Å². The molecule has 1 aromatic carbocycles. The van der Waals surface area contributed by atoms with Gasteiger partial charge in [0.25, 0.3) is 0 Å². The van der Waals surface area contributed by atoms with E-state index in [1.54, 1.807) is 12.1 Å². The van der Waals surface area contributed by atoms with Gasteiger partial charge in [0.1, 0.15) is 0 Å². The summed E-state index contributed by atoms with van der Waals surface area (Å²) in [5.74, 6) is 0.479. The molecule has 1 saturated carbocycles. The lowest BCUT2D eigenvalue weighted by molar-refractivity contribution is 0.354. The van der Waals surface area contributed by atoms with Crippen LogP contribution in [0.3, 0.4) is 0 Å². The Morgan fingerprint density at radius 3 is 2.61 bits per heavy atom. The van der Waals surface area contributed by atoms with E-state index in [0.29, 0.717) is 17.9 Å². The largest absolute Gasteiger partial charge is 0.504 e. The normalized spacial score (nSPS) is 17.4. The summed E-state index contributed by atoms with van der Waals surface area (Å²) in [5.41, 5.74) is 6.98. The molecule has 0 atom stereocenters. The maximum atomic E-state index is 10.3. The molecule has 4 nitrogen and oxygen atoms in total. The fourth-order valence-electron chi connectivity index (χ4n) is 2.87. The van der Waals surface area contributed by atoms with Crippen LogP contribution in [-0.2, 0) is 5.41 Å². The molecule has 1 fully saturated rings. The van der Waals surface area contributed by atoms with Gasteiger partial charge in [-0.25, -0.2) is 0 Å². The molecule has 0 spiro atoms. The molecule has 1 aliphatic carbocycles. The highest BCUT2D eigenvalue weighted by molar-refractivity contribution is 5.55. The highest BCUT2D eigenvalue weighted by atomic mass is 16.5. The zero-order valence-corrected chi connectivity index (χ0v) is 10.6. The molecule has 0 aliphatic heterocycles. The molecule has 1 aromatic rings. The Bertz CT molecular complexity index is 485. The molecule has 0 radical (unpaired) electrons. The summed E-state index contributed by atoms with van der Waals surface area (Å²) in [6.07, 6.45) is 4.12. The summed E-state index contributed by atoms with van der Waals surface area (Å²) in [7, 11) is 1.49. The number of aromatic hydroxyl groups is 1. The third-order valence-corrected chi connectivity index (χ3v) is 3.95. The molecule has 0 saturated heterocycles. The Kier molecular flexibility index (Phi) is 3.44. The number of rotatable bonds is 3. The Balaban J connectivity index is 2.59. The molecular formula is C14H18N2O2. The third kappa shape index (κ3) is 1.91. The predicted molar refractivity (Wildman–Crippen MR) is 68.6 cm³/mol. The van der Waals surface area contributed by atoms with Gasteiger partial charge in [-0.2, -0.15) is 5.26 Å². The minimum atomic E-state index is -0.204. The topological polar surface area (TPSA) is 79.3 Å². The molecule has 0 amide bonds. The maximum absolute atomic E-state index is 10.3. The lowest BCUT2D eigenvalue weighted by atomic mass is 9.78. The van der Waals surface area contributed by atoms with Gasteiger partial charge < -0.3 is 15.6 Å². The summed E-state index contributed by atoms with van der Waals surface area (Å²) in [5, 5.41) is 19.3. The molecule has 3 N–H and O–H groups in total. The van der Waals surface area contributed by atoms with Gasteiger partial charge in [0, 0.05) is 23.6 Å². The second kappa shape index (κ2) is 4.87. The van der Waals surface area contributed by atoms with Crippen molar-refractivity contribution in [2.24, 2.45) is 5.73 Å². The second-order valence-electron chi connectivity index (χ2n) is 4.88. The van der Waals surface area contributed by atoms with Crippen LogP contribution in [-0.4, -0.2) is 18.8 Å². The van der Waals surface area contributed by atoms with Gasteiger partial charge in [-0.15, -0.1) is 0 Å². The lowest BCUT2D eigenvalue weighted by Gasteiger charge is -2.29. The summed E-state index contributed by atoms with van der Waals surface area (Å²) in [6, 6.07) is 5.40. The van der Waals surface area contributed by atoms with Gasteiger partial charge >= 0.3 is 0 Å². The SMILES string of the molecule is COc1cc(C#N)cc(C2(CN)CCCC2)c1O. The number of nitrogens with zero attached hydrogens (tertiary/aromatic N) is 1. The van der Waals surface area contributed by atoms with Crippen LogP contribution < -0.4 is 10.5 Å². The standard InChI is InChI=1S/C14H18N2O2/c1-18-12-7-10(8-15)6-11(13(12)17)14(9-16)4-2-3-5-14/h6-7,17H,2-5,9,16H2,1H3. The van der Waals surface area contributed by atoms with Crippen LogP contribution in [0.2, 0.25) is 0 Å². The number of benzene rings is 1. The van der Waals surface area contributed by atoms with Crippen molar-refractivity contribution in [1.29, 1.82) is 5.26 Å². The van der Waals surface area contributed by atoms with Crippen LogP contribution in [0.5, 0.6) is 11.5 Å².